The van der Waals surface area contributed by atoms with Crippen LogP contribution in [0.15, 0.2) is 65.8 Å². The summed E-state index contributed by atoms with van der Waals surface area (Å²) >= 11 is 6.17. The Kier molecular flexibility index (Phi) is 5.20. The van der Waals surface area contributed by atoms with E-state index in [0.29, 0.717) is 16.8 Å². The lowest BCUT2D eigenvalue weighted by Crippen LogP contribution is -2.23. The van der Waals surface area contributed by atoms with E-state index in [1.807, 2.05) is 0 Å². The van der Waals surface area contributed by atoms with E-state index in [1.54, 1.807) is 36.4 Å². The van der Waals surface area contributed by atoms with Crippen LogP contribution in [0.3, 0.4) is 0 Å². The molecule has 1 aromatic carbocycles. The van der Waals surface area contributed by atoms with Crippen LogP contribution in [0.25, 0.3) is 11.3 Å². The maximum Gasteiger partial charge on any atom is 0.407 e. The second-order valence-electron chi connectivity index (χ2n) is 5.83. The van der Waals surface area contributed by atoms with E-state index in [2.05, 4.69) is 4.98 Å². The van der Waals surface area contributed by atoms with Crippen molar-refractivity contribution in [1.29, 1.82) is 0 Å². The van der Waals surface area contributed by atoms with Crippen LogP contribution in [0.2, 0.25) is 5.15 Å². The Morgan fingerprint density at radius 3 is 2.56 bits per heavy atom. The summed E-state index contributed by atoms with van der Waals surface area (Å²) in [5, 5.41) is 9.24. The smallest absolute Gasteiger partial charge is 0.407 e. The van der Waals surface area contributed by atoms with Crippen molar-refractivity contribution in [3.05, 3.63) is 71.6 Å². The topological polar surface area (TPSA) is 92.5 Å². The van der Waals surface area contributed by atoms with E-state index < -0.39 is 16.1 Å². The van der Waals surface area contributed by atoms with E-state index >= 15 is 0 Å². The summed E-state index contributed by atoms with van der Waals surface area (Å²) in [6.45, 7) is 0.0253. The summed E-state index contributed by atoms with van der Waals surface area (Å²) in [6, 6.07) is 12.9. The van der Waals surface area contributed by atoms with Crippen LogP contribution in [-0.4, -0.2) is 40.5 Å². The molecule has 27 heavy (non-hydrogen) atoms. The molecule has 1 amide bonds. The molecule has 0 aliphatic rings. The Morgan fingerprint density at radius 2 is 1.93 bits per heavy atom. The van der Waals surface area contributed by atoms with E-state index in [0.717, 1.165) is 8.87 Å². The summed E-state index contributed by atoms with van der Waals surface area (Å²) in [5.41, 5.74) is 1.25. The van der Waals surface area contributed by atoms with Crippen molar-refractivity contribution in [2.45, 2.75) is 11.4 Å². The lowest BCUT2D eigenvalue weighted by Gasteiger charge is -2.11. The van der Waals surface area contributed by atoms with Crippen LogP contribution in [0.1, 0.15) is 5.56 Å². The fraction of sp³-hybridized carbons (Fsp3) is 0.111. The third-order valence-corrected chi connectivity index (χ3v) is 5.91. The number of aromatic nitrogens is 2. The molecule has 2 heterocycles. The van der Waals surface area contributed by atoms with Crippen molar-refractivity contribution in [3.8, 4) is 11.3 Å². The molecule has 2 aromatic heterocycles. The number of amides is 1. The minimum absolute atomic E-state index is 0.0253. The van der Waals surface area contributed by atoms with Crippen LogP contribution in [0.5, 0.6) is 0 Å². The molecule has 0 aliphatic heterocycles. The number of nitrogens with zero attached hydrogens (tertiary/aromatic N) is 3. The number of benzene rings is 1. The Balaban J connectivity index is 2.18. The van der Waals surface area contributed by atoms with Crippen LogP contribution in [0.4, 0.5) is 4.79 Å². The molecule has 1 N–H and O–H groups in total. The molecule has 0 fully saturated rings. The number of carbonyl (C=O) groups is 1. The zero-order chi connectivity index (χ0) is 19.6. The summed E-state index contributed by atoms with van der Waals surface area (Å²) in [6.07, 6.45) is 1.79. The van der Waals surface area contributed by atoms with Crippen molar-refractivity contribution < 1.29 is 18.3 Å². The minimum atomic E-state index is -3.91. The SMILES string of the molecule is CN(Cc1cc(-c2cccnc2Cl)n(S(=O)(=O)c2ccccc2)c1)C(=O)O. The molecule has 9 heteroatoms. The average Bonchev–Trinajstić information content (AvgIpc) is 3.07. The molecule has 0 unspecified atom stereocenters. The monoisotopic (exact) mass is 405 g/mol. The van der Waals surface area contributed by atoms with Crippen LogP contribution >= 0.6 is 11.6 Å². The van der Waals surface area contributed by atoms with Gasteiger partial charge in [-0.15, -0.1) is 0 Å². The minimum Gasteiger partial charge on any atom is -0.465 e. The van der Waals surface area contributed by atoms with Gasteiger partial charge in [0.15, 0.2) is 0 Å². The number of carboxylic acid groups (broad SMARTS) is 1. The summed E-state index contributed by atoms with van der Waals surface area (Å²) in [5.74, 6) is 0. The highest BCUT2D eigenvalue weighted by Crippen LogP contribution is 2.31. The number of halogens is 1. The number of hydrogen-bond donors (Lipinski definition) is 1. The molecule has 140 valence electrons. The molecule has 0 saturated carbocycles. The van der Waals surface area contributed by atoms with Crippen LogP contribution in [-0.2, 0) is 16.6 Å². The van der Waals surface area contributed by atoms with Crippen LogP contribution < -0.4 is 0 Å². The van der Waals surface area contributed by atoms with Crippen molar-refractivity contribution in [1.82, 2.24) is 13.9 Å². The van der Waals surface area contributed by atoms with Gasteiger partial charge in [0.1, 0.15) is 5.15 Å². The van der Waals surface area contributed by atoms with Crippen molar-refractivity contribution >= 4 is 27.7 Å². The standard InChI is InChI=1S/C18H16ClN3O4S/c1-21(18(23)24)11-13-10-16(15-8-5-9-20-17(15)19)22(12-13)27(25,26)14-6-3-2-4-7-14/h2-10,12H,11H2,1H3,(H,23,24). The highest BCUT2D eigenvalue weighted by atomic mass is 35.5. The average molecular weight is 406 g/mol. The third-order valence-electron chi connectivity index (χ3n) is 3.92. The molecule has 3 rings (SSSR count). The molecular formula is C18H16ClN3O4S. The van der Waals surface area contributed by atoms with Gasteiger partial charge in [-0.25, -0.2) is 22.2 Å². The van der Waals surface area contributed by atoms with E-state index in [-0.39, 0.29) is 16.6 Å². The second-order valence-corrected chi connectivity index (χ2v) is 8.00. The first-order chi connectivity index (χ1) is 12.8. The second kappa shape index (κ2) is 7.42. The molecule has 7 nitrogen and oxygen atoms in total. The normalized spacial score (nSPS) is 11.3. The molecule has 0 aliphatic carbocycles. The Labute approximate surface area is 161 Å². The first-order valence-corrected chi connectivity index (χ1v) is 9.69. The van der Waals surface area contributed by atoms with Gasteiger partial charge >= 0.3 is 6.09 Å². The van der Waals surface area contributed by atoms with Gasteiger partial charge in [-0.2, -0.15) is 0 Å². The number of hydrogen-bond acceptors (Lipinski definition) is 4. The Bertz CT molecular complexity index is 1080. The van der Waals surface area contributed by atoms with Gasteiger partial charge < -0.3 is 10.0 Å². The summed E-state index contributed by atoms with van der Waals surface area (Å²) in [4.78, 5) is 16.3. The van der Waals surface area contributed by atoms with Gasteiger partial charge in [0.05, 0.1) is 17.1 Å². The predicted molar refractivity (Wildman–Crippen MR) is 101 cm³/mol. The molecule has 0 atom stereocenters. The van der Waals surface area contributed by atoms with E-state index in [9.17, 15) is 13.2 Å². The number of pyridine rings is 1. The molecule has 0 spiro atoms. The molecule has 0 bridgehead atoms. The molecule has 0 radical (unpaired) electrons. The van der Waals surface area contributed by atoms with Crippen molar-refractivity contribution in [2.75, 3.05) is 7.05 Å². The summed E-state index contributed by atoms with van der Waals surface area (Å²) < 4.78 is 27.4. The first kappa shape index (κ1) is 18.9. The van der Waals surface area contributed by atoms with Crippen LogP contribution in [0, 0.1) is 0 Å². The Hall–Kier alpha value is -2.84. The highest BCUT2D eigenvalue weighted by molar-refractivity contribution is 7.90. The third kappa shape index (κ3) is 3.81. The van der Waals surface area contributed by atoms with Gasteiger partial charge in [0, 0.05) is 25.0 Å². The van der Waals surface area contributed by atoms with Gasteiger partial charge in [0.25, 0.3) is 10.0 Å². The van der Waals surface area contributed by atoms with Gasteiger partial charge in [-0.1, -0.05) is 29.8 Å². The largest absolute Gasteiger partial charge is 0.465 e. The predicted octanol–water partition coefficient (Wildman–Crippen LogP) is 3.55. The zero-order valence-electron chi connectivity index (χ0n) is 14.3. The molecular weight excluding hydrogens is 390 g/mol. The molecule has 3 aromatic rings. The van der Waals surface area contributed by atoms with Gasteiger partial charge in [-0.05, 0) is 35.9 Å². The van der Waals surface area contributed by atoms with E-state index in [4.69, 9.17) is 16.7 Å². The fourth-order valence-corrected chi connectivity index (χ4v) is 4.23. The maximum absolute atomic E-state index is 13.1. The summed E-state index contributed by atoms with van der Waals surface area (Å²) in [7, 11) is -2.50. The quantitative estimate of drug-likeness (QED) is 0.655. The fourth-order valence-electron chi connectivity index (χ4n) is 2.60. The zero-order valence-corrected chi connectivity index (χ0v) is 15.9. The van der Waals surface area contributed by atoms with Crippen molar-refractivity contribution in [2.24, 2.45) is 0 Å². The maximum atomic E-state index is 13.1. The van der Waals surface area contributed by atoms with Crippen molar-refractivity contribution in [3.63, 3.8) is 0 Å². The van der Waals surface area contributed by atoms with Gasteiger partial charge in [0.2, 0.25) is 0 Å². The van der Waals surface area contributed by atoms with Gasteiger partial charge in [-0.3, -0.25) is 0 Å². The lowest BCUT2D eigenvalue weighted by atomic mass is 10.2. The van der Waals surface area contributed by atoms with E-state index in [1.165, 1.54) is 31.6 Å². The lowest BCUT2D eigenvalue weighted by molar-refractivity contribution is 0.154. The highest BCUT2D eigenvalue weighted by Gasteiger charge is 2.23. The number of rotatable bonds is 5. The Morgan fingerprint density at radius 1 is 1.22 bits per heavy atom. The first-order valence-electron chi connectivity index (χ1n) is 7.87. The molecule has 0 saturated heterocycles.